The van der Waals surface area contributed by atoms with Gasteiger partial charge in [0.2, 0.25) is 35.4 Å². The molecule has 7 atom stereocenters. The monoisotopic (exact) mass is 755 g/mol. The van der Waals surface area contributed by atoms with Crippen LogP contribution in [0.4, 0.5) is 0 Å². The molecule has 6 amide bonds. The summed E-state index contributed by atoms with van der Waals surface area (Å²) in [5, 5.41) is 33.7. The minimum absolute atomic E-state index is 0.0274. The van der Waals surface area contributed by atoms with E-state index in [1.165, 1.54) is 38.7 Å². The number of carboxylic acids is 2. The Morgan fingerprint density at radius 1 is 0.704 bits per heavy atom. The van der Waals surface area contributed by atoms with Gasteiger partial charge in [-0.1, -0.05) is 12.1 Å². The standard InChI is InChI=1S/C36H49N7O11/c1-20(32(49)41-15-3-7-26(41)34(51)42-16-4-8-27(42)35(52)43-17-5-9-28(43)36(53)54)38-31(48)25-6-2-14-40(25)33(50)24(19-29(45)46)39-30(47)23(37)18-21-10-12-22(44)13-11-21/h10-13,20,23-28,44H,2-9,14-19,37H2,1H3,(H,38,48)(H,39,47)(H,45,46)(H,53,54). The van der Waals surface area contributed by atoms with Gasteiger partial charge in [-0.15, -0.1) is 0 Å². The number of aliphatic carboxylic acids is 2. The van der Waals surface area contributed by atoms with Crippen LogP contribution >= 0.6 is 0 Å². The van der Waals surface area contributed by atoms with Gasteiger partial charge in [-0.3, -0.25) is 33.6 Å². The van der Waals surface area contributed by atoms with Crippen LogP contribution in [0.15, 0.2) is 24.3 Å². The second-order valence-corrected chi connectivity index (χ2v) is 14.5. The number of amides is 6. The second-order valence-electron chi connectivity index (χ2n) is 14.5. The Labute approximate surface area is 312 Å². The third-order valence-electron chi connectivity index (χ3n) is 10.8. The Hall–Kier alpha value is -5.26. The molecule has 0 aromatic heterocycles. The Morgan fingerprint density at radius 3 is 1.74 bits per heavy atom. The van der Waals surface area contributed by atoms with Gasteiger partial charge in [-0.05, 0) is 82.4 Å². The quantitative estimate of drug-likeness (QED) is 0.138. The molecule has 5 rings (SSSR count). The molecule has 54 heavy (non-hydrogen) atoms. The SMILES string of the molecule is CC(NC(=O)C1CCCN1C(=O)C(CC(=O)O)NC(=O)C(N)Cc1ccc(O)cc1)C(=O)N1CCCC1C(=O)N1CCCC1C(=O)N1CCCC1C(=O)O. The van der Waals surface area contributed by atoms with Gasteiger partial charge in [0.25, 0.3) is 0 Å². The van der Waals surface area contributed by atoms with Crippen LogP contribution in [0.1, 0.15) is 70.3 Å². The summed E-state index contributed by atoms with van der Waals surface area (Å²) in [6.07, 6.45) is 2.64. The van der Waals surface area contributed by atoms with E-state index >= 15 is 0 Å². The highest BCUT2D eigenvalue weighted by Gasteiger charge is 2.46. The maximum Gasteiger partial charge on any atom is 0.326 e. The molecule has 0 aliphatic carbocycles. The highest BCUT2D eigenvalue weighted by Crippen LogP contribution is 2.29. The summed E-state index contributed by atoms with van der Waals surface area (Å²) in [5.74, 6) is -5.97. The normalized spacial score (nSPS) is 24.2. The van der Waals surface area contributed by atoms with Crippen LogP contribution in [0.25, 0.3) is 0 Å². The van der Waals surface area contributed by atoms with Crippen molar-refractivity contribution >= 4 is 47.4 Å². The lowest BCUT2D eigenvalue weighted by Crippen LogP contribution is -2.59. The average Bonchev–Trinajstić information content (AvgIpc) is 3.97. The lowest BCUT2D eigenvalue weighted by Gasteiger charge is -2.34. The summed E-state index contributed by atoms with van der Waals surface area (Å²) in [6.45, 7) is 2.41. The fraction of sp³-hybridized carbons (Fsp3) is 0.611. The Balaban J connectivity index is 1.19. The van der Waals surface area contributed by atoms with Crippen molar-refractivity contribution in [1.82, 2.24) is 30.2 Å². The van der Waals surface area contributed by atoms with Crippen molar-refractivity contribution in [3.8, 4) is 5.75 Å². The zero-order valence-electron chi connectivity index (χ0n) is 30.2. The van der Waals surface area contributed by atoms with Crippen molar-refractivity contribution < 1.29 is 53.7 Å². The molecule has 4 fully saturated rings. The third-order valence-corrected chi connectivity index (χ3v) is 10.8. The topological polar surface area (TPSA) is 260 Å². The van der Waals surface area contributed by atoms with Gasteiger partial charge in [0.1, 0.15) is 42.0 Å². The van der Waals surface area contributed by atoms with E-state index in [-0.39, 0.29) is 31.7 Å². The van der Waals surface area contributed by atoms with Crippen LogP contribution in [0, 0.1) is 0 Å². The van der Waals surface area contributed by atoms with Crippen molar-refractivity contribution in [2.45, 2.75) is 113 Å². The number of nitrogens with one attached hydrogen (secondary N) is 2. The summed E-state index contributed by atoms with van der Waals surface area (Å²) in [4.78, 5) is 110. The number of aromatic hydroxyl groups is 1. The molecule has 18 heteroatoms. The number of likely N-dealkylation sites (tertiary alicyclic amines) is 4. The summed E-state index contributed by atoms with van der Waals surface area (Å²) < 4.78 is 0. The molecule has 1 aromatic rings. The number of benzene rings is 1. The Kier molecular flexibility index (Phi) is 12.8. The van der Waals surface area contributed by atoms with Gasteiger partial charge < -0.3 is 51.3 Å². The number of carbonyl (C=O) groups excluding carboxylic acids is 6. The van der Waals surface area contributed by atoms with Gasteiger partial charge in [0.15, 0.2) is 0 Å². The highest BCUT2D eigenvalue weighted by atomic mass is 16.4. The second kappa shape index (κ2) is 17.3. The van der Waals surface area contributed by atoms with Gasteiger partial charge in [0, 0.05) is 26.2 Å². The Morgan fingerprint density at radius 2 is 1.19 bits per heavy atom. The van der Waals surface area contributed by atoms with Crippen LogP contribution in [0.5, 0.6) is 5.75 Å². The molecule has 0 radical (unpaired) electrons. The van der Waals surface area contributed by atoms with E-state index in [2.05, 4.69) is 10.6 Å². The van der Waals surface area contributed by atoms with Crippen molar-refractivity contribution in [3.63, 3.8) is 0 Å². The molecule has 7 N–H and O–H groups in total. The number of rotatable bonds is 13. The molecule has 18 nitrogen and oxygen atoms in total. The first kappa shape index (κ1) is 39.9. The van der Waals surface area contributed by atoms with E-state index < -0.39 is 96.1 Å². The number of carbonyl (C=O) groups is 8. The van der Waals surface area contributed by atoms with E-state index in [4.69, 9.17) is 5.73 Å². The van der Waals surface area contributed by atoms with E-state index in [9.17, 15) is 53.7 Å². The average molecular weight is 756 g/mol. The zero-order valence-corrected chi connectivity index (χ0v) is 30.2. The highest BCUT2D eigenvalue weighted by molar-refractivity contribution is 5.98. The molecule has 4 aliphatic rings. The maximum atomic E-state index is 13.9. The minimum atomic E-state index is -1.52. The van der Waals surface area contributed by atoms with Crippen molar-refractivity contribution in [2.24, 2.45) is 5.73 Å². The minimum Gasteiger partial charge on any atom is -0.508 e. The predicted octanol–water partition coefficient (Wildman–Crippen LogP) is -1.23. The molecule has 0 spiro atoms. The molecule has 4 aliphatic heterocycles. The summed E-state index contributed by atoms with van der Waals surface area (Å²) in [6, 6.07) is -1.45. The van der Waals surface area contributed by atoms with Gasteiger partial charge >= 0.3 is 11.9 Å². The number of hydrogen-bond acceptors (Lipinski definition) is 10. The summed E-state index contributed by atoms with van der Waals surface area (Å²) in [5.41, 5.74) is 6.68. The largest absolute Gasteiger partial charge is 0.508 e. The molecule has 4 heterocycles. The number of hydrogen-bond donors (Lipinski definition) is 6. The van der Waals surface area contributed by atoms with E-state index in [1.54, 1.807) is 12.1 Å². The van der Waals surface area contributed by atoms with Gasteiger partial charge in [0.05, 0.1) is 12.5 Å². The first-order chi connectivity index (χ1) is 25.7. The molecule has 294 valence electrons. The molecular formula is C36H49N7O11. The van der Waals surface area contributed by atoms with Gasteiger partial charge in [-0.2, -0.15) is 0 Å². The van der Waals surface area contributed by atoms with E-state index in [1.807, 2.05) is 0 Å². The smallest absolute Gasteiger partial charge is 0.326 e. The first-order valence-corrected chi connectivity index (χ1v) is 18.5. The summed E-state index contributed by atoms with van der Waals surface area (Å²) >= 11 is 0. The molecule has 1 aromatic carbocycles. The van der Waals surface area contributed by atoms with Crippen molar-refractivity contribution in [3.05, 3.63) is 29.8 Å². The number of phenolic OH excluding ortho intramolecular Hbond substituents is 1. The van der Waals surface area contributed by atoms with Crippen LogP contribution in [-0.2, 0) is 44.8 Å². The predicted molar refractivity (Wildman–Crippen MR) is 188 cm³/mol. The fourth-order valence-electron chi connectivity index (χ4n) is 8.00. The maximum absolute atomic E-state index is 13.9. The fourth-order valence-corrected chi connectivity index (χ4v) is 8.00. The third kappa shape index (κ3) is 8.91. The molecule has 0 bridgehead atoms. The number of carboxylic acid groups (broad SMARTS) is 2. The number of phenols is 1. The van der Waals surface area contributed by atoms with Crippen LogP contribution in [-0.4, -0.2) is 151 Å². The number of nitrogens with two attached hydrogens (primary N) is 1. The lowest BCUT2D eigenvalue weighted by molar-refractivity contribution is -0.153. The number of nitrogens with zero attached hydrogens (tertiary/aromatic N) is 4. The Bertz CT molecular complexity index is 1640. The summed E-state index contributed by atoms with van der Waals surface area (Å²) in [7, 11) is 0. The van der Waals surface area contributed by atoms with Crippen LogP contribution in [0.2, 0.25) is 0 Å². The first-order valence-electron chi connectivity index (χ1n) is 18.5. The molecule has 4 saturated heterocycles. The van der Waals surface area contributed by atoms with Crippen molar-refractivity contribution in [1.29, 1.82) is 0 Å². The van der Waals surface area contributed by atoms with Gasteiger partial charge in [-0.25, -0.2) is 4.79 Å². The lowest BCUT2D eigenvalue weighted by atomic mass is 10.0. The molecule has 7 unspecified atom stereocenters. The van der Waals surface area contributed by atoms with E-state index in [0.29, 0.717) is 63.6 Å². The van der Waals surface area contributed by atoms with Crippen LogP contribution < -0.4 is 16.4 Å². The van der Waals surface area contributed by atoms with Crippen molar-refractivity contribution in [2.75, 3.05) is 26.2 Å². The molecular weight excluding hydrogens is 706 g/mol. The van der Waals surface area contributed by atoms with Crippen LogP contribution in [0.3, 0.4) is 0 Å². The zero-order chi connectivity index (χ0) is 39.3. The molecule has 0 saturated carbocycles. The van der Waals surface area contributed by atoms with E-state index in [0.717, 1.165) is 0 Å².